The van der Waals surface area contributed by atoms with Gasteiger partial charge in [0.05, 0.1) is 16.3 Å². The normalized spacial score (nSPS) is 14.0. The summed E-state index contributed by atoms with van der Waals surface area (Å²) in [5, 5.41) is 11.9. The van der Waals surface area contributed by atoms with E-state index in [0.717, 1.165) is 88.5 Å². The fraction of sp³-hybridized carbons (Fsp3) is 0.220. The summed E-state index contributed by atoms with van der Waals surface area (Å²) in [6.07, 6.45) is 7.84. The second kappa shape index (κ2) is 15.7. The van der Waals surface area contributed by atoms with E-state index in [1.807, 2.05) is 11.9 Å². The first-order valence-electron chi connectivity index (χ1n) is 16.4. The molecule has 0 saturated carbocycles. The maximum atomic E-state index is 4.38. The highest BCUT2D eigenvalue weighted by molar-refractivity contribution is 7.20. The fourth-order valence-electron chi connectivity index (χ4n) is 5.91. The van der Waals surface area contributed by atoms with Gasteiger partial charge in [0.25, 0.3) is 0 Å². The molecule has 3 N–H and O–H groups in total. The molecular formula is C41H48N6S. The van der Waals surface area contributed by atoms with Crippen molar-refractivity contribution in [3.63, 3.8) is 0 Å². The lowest BCUT2D eigenvalue weighted by atomic mass is 9.98. The van der Waals surface area contributed by atoms with Crippen LogP contribution in [0.1, 0.15) is 29.9 Å². The predicted molar refractivity (Wildman–Crippen MR) is 213 cm³/mol. The van der Waals surface area contributed by atoms with Crippen LogP contribution in [0.2, 0.25) is 0 Å². The number of hydrogen-bond donors (Lipinski definition) is 3. The van der Waals surface area contributed by atoms with Crippen LogP contribution in [0.4, 0.5) is 22.7 Å². The van der Waals surface area contributed by atoms with Crippen molar-refractivity contribution in [3.05, 3.63) is 145 Å². The summed E-state index contributed by atoms with van der Waals surface area (Å²) in [4.78, 5) is 8.04. The molecule has 6 nitrogen and oxygen atoms in total. The van der Waals surface area contributed by atoms with Gasteiger partial charge in [-0.1, -0.05) is 63.6 Å². The van der Waals surface area contributed by atoms with Crippen LogP contribution in [0.3, 0.4) is 0 Å². The van der Waals surface area contributed by atoms with Gasteiger partial charge in [0.2, 0.25) is 0 Å². The third-order valence-electron chi connectivity index (χ3n) is 8.70. The second-order valence-corrected chi connectivity index (χ2v) is 13.2. The third kappa shape index (κ3) is 8.29. The number of allylic oxidation sites excluding steroid dienone is 4. The van der Waals surface area contributed by atoms with Gasteiger partial charge in [-0.25, -0.2) is 0 Å². The summed E-state index contributed by atoms with van der Waals surface area (Å²) >= 11 is 1.75. The Kier molecular flexibility index (Phi) is 11.3. The first-order chi connectivity index (χ1) is 23.2. The number of nitrogens with one attached hydrogen (secondary N) is 3. The Hall–Kier alpha value is -4.98. The van der Waals surface area contributed by atoms with E-state index >= 15 is 0 Å². The van der Waals surface area contributed by atoms with Crippen molar-refractivity contribution < 1.29 is 0 Å². The lowest BCUT2D eigenvalue weighted by molar-refractivity contribution is 0.271. The summed E-state index contributed by atoms with van der Waals surface area (Å²) in [6, 6.07) is 23.5. The summed E-state index contributed by atoms with van der Waals surface area (Å²) in [5.41, 5.74) is 10.2. The topological polar surface area (TPSA) is 45.8 Å². The monoisotopic (exact) mass is 656 g/mol. The molecule has 1 aromatic heterocycles. The molecule has 4 aromatic rings. The molecule has 1 aliphatic rings. The summed E-state index contributed by atoms with van der Waals surface area (Å²) in [7, 11) is 1.99. The quantitative estimate of drug-likeness (QED) is 0.118. The maximum Gasteiger partial charge on any atom is 0.0642 e. The number of piperazine rings is 1. The largest absolute Gasteiger partial charge is 0.367 e. The minimum Gasteiger partial charge on any atom is -0.367 e. The highest BCUT2D eigenvalue weighted by atomic mass is 32.1. The van der Waals surface area contributed by atoms with Gasteiger partial charge in [-0.2, -0.15) is 0 Å². The number of likely N-dealkylation sites (N-methyl/N-ethyl adjacent to an activating group) is 1. The molecule has 5 rings (SSSR count). The second-order valence-electron chi connectivity index (χ2n) is 12.1. The average Bonchev–Trinajstić information content (AvgIpc) is 3.54. The molecule has 0 atom stereocenters. The molecule has 0 radical (unpaired) electrons. The van der Waals surface area contributed by atoms with Crippen LogP contribution in [0, 0.1) is 6.92 Å². The third-order valence-corrected chi connectivity index (χ3v) is 9.87. The molecule has 2 heterocycles. The summed E-state index contributed by atoms with van der Waals surface area (Å²) in [5.74, 6) is 0. The Labute approximate surface area is 290 Å². The minimum absolute atomic E-state index is 0.768. The van der Waals surface area contributed by atoms with Gasteiger partial charge in [0.1, 0.15) is 0 Å². The molecule has 0 unspecified atom stereocenters. The molecule has 248 valence electrons. The predicted octanol–water partition coefficient (Wildman–Crippen LogP) is 9.98. The Morgan fingerprint density at radius 3 is 2.40 bits per heavy atom. The standard InChI is InChI=1S/C41H48N6S/c1-9-29(4)43-38-27-35(19-20-39(38)47-23-21-46(11-3)22-24-47)42-30(5)25-34(28-45(8)10-2)36-16-14-17-37(31(36)6)44-32(7)41-26-33-15-12-13-18-40(33)48-41/h9-10,12-20,25-28,42-44H,1-2,4,7,11,21-24H2,3,5-6,8H3/b30-25+,34-28+. The molecule has 7 heteroatoms. The lowest BCUT2D eigenvalue weighted by Crippen LogP contribution is -2.46. The fourth-order valence-corrected chi connectivity index (χ4v) is 6.90. The number of hydrogen-bond acceptors (Lipinski definition) is 7. The van der Waals surface area contributed by atoms with Gasteiger partial charge in [-0.3, -0.25) is 0 Å². The highest BCUT2D eigenvalue weighted by Crippen LogP contribution is 2.34. The maximum absolute atomic E-state index is 4.38. The van der Waals surface area contributed by atoms with E-state index in [0.29, 0.717) is 0 Å². The van der Waals surface area contributed by atoms with Crippen molar-refractivity contribution in [3.8, 4) is 0 Å². The van der Waals surface area contributed by atoms with E-state index < -0.39 is 0 Å². The molecule has 0 spiro atoms. The lowest BCUT2D eigenvalue weighted by Gasteiger charge is -2.36. The Morgan fingerprint density at radius 2 is 1.69 bits per heavy atom. The smallest absolute Gasteiger partial charge is 0.0642 e. The molecule has 48 heavy (non-hydrogen) atoms. The van der Waals surface area contributed by atoms with Crippen molar-refractivity contribution in [1.82, 2.24) is 9.80 Å². The van der Waals surface area contributed by atoms with Crippen molar-refractivity contribution in [1.29, 1.82) is 0 Å². The van der Waals surface area contributed by atoms with Crippen molar-refractivity contribution in [2.24, 2.45) is 0 Å². The zero-order valence-electron chi connectivity index (χ0n) is 28.8. The number of fused-ring (bicyclic) bond motifs is 1. The van der Waals surface area contributed by atoms with Crippen molar-refractivity contribution in [2.45, 2.75) is 20.8 Å². The Balaban J connectivity index is 1.40. The van der Waals surface area contributed by atoms with E-state index in [1.165, 1.54) is 15.8 Å². The number of benzene rings is 3. The number of rotatable bonds is 14. The van der Waals surface area contributed by atoms with Gasteiger partial charge < -0.3 is 30.7 Å². The molecule has 0 amide bonds. The van der Waals surface area contributed by atoms with Crippen LogP contribution in [-0.2, 0) is 0 Å². The number of nitrogens with zero attached hydrogens (tertiary/aromatic N) is 3. The van der Waals surface area contributed by atoms with E-state index in [2.05, 4.69) is 152 Å². The van der Waals surface area contributed by atoms with E-state index in [1.54, 1.807) is 23.6 Å². The summed E-state index contributed by atoms with van der Waals surface area (Å²) in [6.45, 7) is 28.0. The molecule has 0 aliphatic carbocycles. The van der Waals surface area contributed by atoms with Crippen LogP contribution in [0.5, 0.6) is 0 Å². The zero-order chi connectivity index (χ0) is 34.2. The van der Waals surface area contributed by atoms with E-state index in [-0.39, 0.29) is 0 Å². The van der Waals surface area contributed by atoms with Crippen LogP contribution >= 0.6 is 11.3 Å². The van der Waals surface area contributed by atoms with Crippen molar-refractivity contribution >= 4 is 55.4 Å². The Bertz CT molecular complexity index is 1840. The average molecular weight is 657 g/mol. The molecule has 3 aromatic carbocycles. The Morgan fingerprint density at radius 1 is 0.917 bits per heavy atom. The van der Waals surface area contributed by atoms with Crippen LogP contribution in [-0.4, -0.2) is 49.6 Å². The number of anilines is 4. The first-order valence-corrected chi connectivity index (χ1v) is 17.3. The van der Waals surface area contributed by atoms with E-state index in [4.69, 9.17) is 0 Å². The highest BCUT2D eigenvalue weighted by Gasteiger charge is 2.19. The van der Waals surface area contributed by atoms with E-state index in [9.17, 15) is 0 Å². The van der Waals surface area contributed by atoms with Crippen molar-refractivity contribution in [2.75, 3.05) is 60.6 Å². The zero-order valence-corrected chi connectivity index (χ0v) is 29.6. The van der Waals surface area contributed by atoms with Gasteiger partial charge in [-0.15, -0.1) is 11.3 Å². The number of thiophene rings is 1. The van der Waals surface area contributed by atoms with Gasteiger partial charge in [-0.05, 0) is 97.2 Å². The van der Waals surface area contributed by atoms with Crippen LogP contribution < -0.4 is 20.9 Å². The molecule has 0 bridgehead atoms. The SMILES string of the molecule is C=CC(=C)Nc1cc(N/C(C)=C/C(=C\N(C)C=C)c2cccc(NC(=C)c3cc4ccccc4s3)c2C)ccc1N1CCN(CC)CC1. The van der Waals surface area contributed by atoms with Gasteiger partial charge >= 0.3 is 0 Å². The molecule has 1 fully saturated rings. The molecular weight excluding hydrogens is 609 g/mol. The van der Waals surface area contributed by atoms with Crippen LogP contribution in [0.25, 0.3) is 21.4 Å². The molecule has 1 aliphatic heterocycles. The molecule has 1 saturated heterocycles. The van der Waals surface area contributed by atoms with Crippen LogP contribution in [0.15, 0.2) is 129 Å². The minimum atomic E-state index is 0.768. The first kappa shape index (κ1) is 34.4. The van der Waals surface area contributed by atoms with Gasteiger partial charge in [0.15, 0.2) is 0 Å². The summed E-state index contributed by atoms with van der Waals surface area (Å²) < 4.78 is 1.25. The van der Waals surface area contributed by atoms with Gasteiger partial charge in [0, 0.05) is 72.6 Å².